The quantitative estimate of drug-likeness (QED) is 0.696. The van der Waals surface area contributed by atoms with Gasteiger partial charge in [-0.25, -0.2) is 0 Å². The first-order valence-corrected chi connectivity index (χ1v) is 5.99. The topological polar surface area (TPSA) is 20.2 Å². The van der Waals surface area contributed by atoms with E-state index in [1.807, 2.05) is 0 Å². The van der Waals surface area contributed by atoms with Gasteiger partial charge < -0.3 is 5.11 Å². The van der Waals surface area contributed by atoms with Gasteiger partial charge in [0.15, 0.2) is 0 Å². The Balaban J connectivity index is 1.77. The molecule has 2 aliphatic carbocycles. The lowest BCUT2D eigenvalue weighted by Gasteiger charge is -2.42. The molecule has 2 rings (SSSR count). The molecule has 1 nitrogen and oxygen atoms in total. The fourth-order valence-electron chi connectivity index (χ4n) is 3.08. The van der Waals surface area contributed by atoms with E-state index in [1.54, 1.807) is 0 Å². The highest BCUT2D eigenvalue weighted by molar-refractivity contribution is 4.87. The first-order chi connectivity index (χ1) is 6.31. The minimum Gasteiger partial charge on any atom is -0.393 e. The molecule has 0 aromatic rings. The Hall–Kier alpha value is -0.0400. The maximum atomic E-state index is 9.58. The molecule has 0 saturated heterocycles. The Labute approximate surface area is 81.5 Å². The van der Waals surface area contributed by atoms with Crippen LogP contribution in [-0.4, -0.2) is 11.2 Å². The second-order valence-electron chi connectivity index (χ2n) is 5.00. The zero-order chi connectivity index (χ0) is 9.26. The van der Waals surface area contributed by atoms with Crippen molar-refractivity contribution in [2.24, 2.45) is 17.8 Å². The summed E-state index contributed by atoms with van der Waals surface area (Å²) in [6.45, 7) is 2.31. The van der Waals surface area contributed by atoms with Crippen LogP contribution < -0.4 is 0 Å². The predicted octanol–water partition coefficient (Wildman–Crippen LogP) is 2.97. The molecule has 0 radical (unpaired) electrons. The van der Waals surface area contributed by atoms with Crippen LogP contribution in [0.1, 0.15) is 51.9 Å². The summed E-state index contributed by atoms with van der Waals surface area (Å²) >= 11 is 0. The molecule has 2 atom stereocenters. The first-order valence-electron chi connectivity index (χ1n) is 5.99. The van der Waals surface area contributed by atoms with Crippen LogP contribution in [0.3, 0.4) is 0 Å². The summed E-state index contributed by atoms with van der Waals surface area (Å²) in [5.41, 5.74) is 0. The van der Waals surface area contributed by atoms with E-state index in [0.717, 1.165) is 18.3 Å². The molecule has 2 saturated carbocycles. The van der Waals surface area contributed by atoms with Gasteiger partial charge in [-0.2, -0.15) is 0 Å². The van der Waals surface area contributed by atoms with Gasteiger partial charge in [0.25, 0.3) is 0 Å². The Bertz CT molecular complexity index is 159. The zero-order valence-electron chi connectivity index (χ0n) is 8.71. The van der Waals surface area contributed by atoms with E-state index in [4.69, 9.17) is 0 Å². The van der Waals surface area contributed by atoms with Gasteiger partial charge in [0.2, 0.25) is 0 Å². The van der Waals surface area contributed by atoms with E-state index in [9.17, 15) is 5.11 Å². The molecule has 0 amide bonds. The molecule has 0 aliphatic heterocycles. The molecule has 1 heteroatoms. The molecule has 13 heavy (non-hydrogen) atoms. The van der Waals surface area contributed by atoms with Crippen molar-refractivity contribution in [3.63, 3.8) is 0 Å². The van der Waals surface area contributed by atoms with E-state index in [1.165, 1.54) is 38.5 Å². The molecule has 2 unspecified atom stereocenters. The van der Waals surface area contributed by atoms with Crippen molar-refractivity contribution in [1.29, 1.82) is 0 Å². The van der Waals surface area contributed by atoms with Gasteiger partial charge in [-0.3, -0.25) is 0 Å². The Morgan fingerprint density at radius 2 is 1.69 bits per heavy atom. The summed E-state index contributed by atoms with van der Waals surface area (Å²) in [7, 11) is 0. The van der Waals surface area contributed by atoms with Crippen LogP contribution in [0.5, 0.6) is 0 Å². The molecular formula is C12H22O. The van der Waals surface area contributed by atoms with E-state index >= 15 is 0 Å². The number of hydrogen-bond donors (Lipinski definition) is 1. The molecule has 0 aromatic carbocycles. The normalized spacial score (nSPS) is 45.7. The maximum absolute atomic E-state index is 9.58. The lowest BCUT2D eigenvalue weighted by Crippen LogP contribution is -2.38. The van der Waals surface area contributed by atoms with E-state index in [0.29, 0.717) is 5.92 Å². The second-order valence-corrected chi connectivity index (χ2v) is 5.00. The van der Waals surface area contributed by atoms with Crippen LogP contribution in [0.2, 0.25) is 0 Å². The summed E-state index contributed by atoms with van der Waals surface area (Å²) in [5.74, 6) is 2.54. The molecule has 2 fully saturated rings. The minimum absolute atomic E-state index is 0.0585. The van der Waals surface area contributed by atoms with Gasteiger partial charge in [0.05, 0.1) is 6.10 Å². The third-order valence-electron chi connectivity index (χ3n) is 4.36. The van der Waals surface area contributed by atoms with Crippen molar-refractivity contribution in [1.82, 2.24) is 0 Å². The molecule has 0 spiro atoms. The van der Waals surface area contributed by atoms with Gasteiger partial charge in [-0.15, -0.1) is 0 Å². The van der Waals surface area contributed by atoms with Crippen LogP contribution in [0.4, 0.5) is 0 Å². The average Bonchev–Trinajstić information content (AvgIpc) is 2.17. The number of aliphatic hydroxyl groups excluding tert-OH is 1. The SMILES string of the molecule is CCC1CCC(C2CCC2O)CC1. The summed E-state index contributed by atoms with van der Waals surface area (Å²) in [6.07, 6.45) is 9.40. The van der Waals surface area contributed by atoms with Crippen molar-refractivity contribution >= 4 is 0 Å². The summed E-state index contributed by atoms with van der Waals surface area (Å²) in [6, 6.07) is 0. The Morgan fingerprint density at radius 3 is 2.08 bits per heavy atom. The molecular weight excluding hydrogens is 160 g/mol. The van der Waals surface area contributed by atoms with Crippen molar-refractivity contribution in [2.45, 2.75) is 58.0 Å². The Morgan fingerprint density at radius 1 is 1.00 bits per heavy atom. The van der Waals surface area contributed by atoms with Gasteiger partial charge in [0.1, 0.15) is 0 Å². The van der Waals surface area contributed by atoms with Crippen LogP contribution >= 0.6 is 0 Å². The fraction of sp³-hybridized carbons (Fsp3) is 1.00. The largest absolute Gasteiger partial charge is 0.393 e. The third kappa shape index (κ3) is 1.90. The summed E-state index contributed by atoms with van der Waals surface area (Å²) in [4.78, 5) is 0. The average molecular weight is 182 g/mol. The fourth-order valence-corrected chi connectivity index (χ4v) is 3.08. The summed E-state index contributed by atoms with van der Waals surface area (Å²) in [5, 5.41) is 9.58. The predicted molar refractivity (Wildman–Crippen MR) is 54.5 cm³/mol. The zero-order valence-corrected chi connectivity index (χ0v) is 8.71. The second kappa shape index (κ2) is 4.00. The van der Waals surface area contributed by atoms with Crippen molar-refractivity contribution in [3.8, 4) is 0 Å². The Kier molecular flexibility index (Phi) is 2.92. The lowest BCUT2D eigenvalue weighted by molar-refractivity contribution is -0.0234. The number of hydrogen-bond acceptors (Lipinski definition) is 1. The minimum atomic E-state index is 0.0585. The highest BCUT2D eigenvalue weighted by Gasteiger charge is 2.36. The van der Waals surface area contributed by atoms with Gasteiger partial charge in [-0.1, -0.05) is 26.2 Å². The number of aliphatic hydroxyl groups is 1. The molecule has 2 aliphatic rings. The molecule has 0 bridgehead atoms. The van der Waals surface area contributed by atoms with Crippen LogP contribution in [0.15, 0.2) is 0 Å². The first kappa shape index (κ1) is 9.51. The van der Waals surface area contributed by atoms with Crippen molar-refractivity contribution < 1.29 is 5.11 Å². The highest BCUT2D eigenvalue weighted by Crippen LogP contribution is 2.42. The van der Waals surface area contributed by atoms with Gasteiger partial charge >= 0.3 is 0 Å². The van der Waals surface area contributed by atoms with Gasteiger partial charge in [0, 0.05) is 0 Å². The third-order valence-corrected chi connectivity index (χ3v) is 4.36. The highest BCUT2D eigenvalue weighted by atomic mass is 16.3. The standard InChI is InChI=1S/C12H22O/c1-2-9-3-5-10(6-4-9)11-7-8-12(11)13/h9-13H,2-8H2,1H3. The van der Waals surface area contributed by atoms with Crippen LogP contribution in [0, 0.1) is 17.8 Å². The van der Waals surface area contributed by atoms with Crippen molar-refractivity contribution in [2.75, 3.05) is 0 Å². The number of rotatable bonds is 2. The van der Waals surface area contributed by atoms with E-state index < -0.39 is 0 Å². The maximum Gasteiger partial charge on any atom is 0.0571 e. The van der Waals surface area contributed by atoms with Crippen molar-refractivity contribution in [3.05, 3.63) is 0 Å². The monoisotopic (exact) mass is 182 g/mol. The van der Waals surface area contributed by atoms with Gasteiger partial charge in [-0.05, 0) is 43.4 Å². The van der Waals surface area contributed by atoms with E-state index in [2.05, 4.69) is 6.92 Å². The van der Waals surface area contributed by atoms with Crippen LogP contribution in [-0.2, 0) is 0 Å². The molecule has 0 aromatic heterocycles. The smallest absolute Gasteiger partial charge is 0.0571 e. The molecule has 0 heterocycles. The van der Waals surface area contributed by atoms with E-state index in [-0.39, 0.29) is 6.10 Å². The summed E-state index contributed by atoms with van der Waals surface area (Å²) < 4.78 is 0. The molecule has 1 N–H and O–H groups in total. The molecule has 76 valence electrons. The van der Waals surface area contributed by atoms with Crippen LogP contribution in [0.25, 0.3) is 0 Å². The lowest BCUT2D eigenvalue weighted by atomic mass is 9.66.